The Labute approximate surface area is 223 Å². The van der Waals surface area contributed by atoms with Crippen molar-refractivity contribution in [2.24, 2.45) is 5.10 Å². The van der Waals surface area contributed by atoms with Gasteiger partial charge in [-0.15, -0.1) is 5.10 Å². The van der Waals surface area contributed by atoms with Crippen LogP contribution in [0.1, 0.15) is 21.9 Å². The number of furan rings is 1. The van der Waals surface area contributed by atoms with Crippen molar-refractivity contribution in [2.45, 2.75) is 6.54 Å². The Balaban J connectivity index is 1.35. The van der Waals surface area contributed by atoms with E-state index in [0.717, 1.165) is 5.69 Å². The Bertz CT molecular complexity index is 1680. The Morgan fingerprint density at radius 1 is 1.18 bits per heavy atom. The molecule has 15 nitrogen and oxygen atoms in total. The molecule has 2 aromatic carbocycles. The van der Waals surface area contributed by atoms with Crippen molar-refractivity contribution in [3.63, 3.8) is 0 Å². The molecule has 39 heavy (non-hydrogen) atoms. The molecule has 0 saturated carbocycles. The quantitative estimate of drug-likeness (QED) is 0.138. The molecule has 1 amide bonds. The minimum absolute atomic E-state index is 0.0422. The fourth-order valence-corrected chi connectivity index (χ4v) is 3.70. The van der Waals surface area contributed by atoms with E-state index in [-0.39, 0.29) is 46.6 Å². The van der Waals surface area contributed by atoms with E-state index in [0.29, 0.717) is 10.7 Å². The number of aromatic nitrogens is 5. The van der Waals surface area contributed by atoms with Crippen molar-refractivity contribution in [1.82, 2.24) is 30.7 Å². The van der Waals surface area contributed by atoms with E-state index >= 15 is 0 Å². The van der Waals surface area contributed by atoms with Crippen molar-refractivity contribution in [3.8, 4) is 17.1 Å². The lowest BCUT2D eigenvalue weighted by Gasteiger charge is -2.08. The van der Waals surface area contributed by atoms with E-state index in [1.165, 1.54) is 41.2 Å². The van der Waals surface area contributed by atoms with E-state index < -0.39 is 10.8 Å². The van der Waals surface area contributed by atoms with Crippen LogP contribution in [0.5, 0.6) is 0 Å². The zero-order valence-electron chi connectivity index (χ0n) is 19.7. The van der Waals surface area contributed by atoms with Gasteiger partial charge < -0.3 is 15.5 Å². The van der Waals surface area contributed by atoms with Crippen molar-refractivity contribution in [1.29, 1.82) is 0 Å². The van der Waals surface area contributed by atoms with Gasteiger partial charge in [-0.3, -0.25) is 14.9 Å². The number of carbonyl (C=O) groups is 1. The predicted molar refractivity (Wildman–Crippen MR) is 138 cm³/mol. The Morgan fingerprint density at radius 3 is 2.74 bits per heavy atom. The third-order valence-electron chi connectivity index (χ3n) is 5.31. The van der Waals surface area contributed by atoms with Crippen LogP contribution in [0.15, 0.2) is 74.8 Å². The first-order chi connectivity index (χ1) is 18.9. The highest BCUT2D eigenvalue weighted by Gasteiger charge is 2.24. The van der Waals surface area contributed by atoms with Gasteiger partial charge in [0.2, 0.25) is 11.6 Å². The van der Waals surface area contributed by atoms with Crippen LogP contribution in [0, 0.1) is 10.1 Å². The number of nitrogens with zero attached hydrogens (tertiary/aromatic N) is 7. The Kier molecular flexibility index (Phi) is 6.96. The van der Waals surface area contributed by atoms with Crippen molar-refractivity contribution >= 4 is 40.9 Å². The second kappa shape index (κ2) is 10.8. The maximum absolute atomic E-state index is 12.9. The summed E-state index contributed by atoms with van der Waals surface area (Å²) in [4.78, 5) is 23.8. The number of nitro benzene ring substituents is 1. The lowest BCUT2D eigenvalue weighted by Crippen LogP contribution is -2.21. The molecule has 0 fully saturated rings. The normalized spacial score (nSPS) is 11.1. The number of para-hydroxylation sites is 1. The fraction of sp³-hybridized carbons (Fsp3) is 0.0435. The molecule has 3 heterocycles. The molecule has 5 aromatic rings. The molecular formula is C23H17ClN10O5. The van der Waals surface area contributed by atoms with Crippen molar-refractivity contribution in [2.75, 3.05) is 11.1 Å². The molecule has 0 aliphatic carbocycles. The van der Waals surface area contributed by atoms with E-state index in [4.69, 9.17) is 21.8 Å². The number of carbonyl (C=O) groups excluding carboxylic acids is 1. The summed E-state index contributed by atoms with van der Waals surface area (Å²) < 4.78 is 11.5. The molecule has 0 radical (unpaired) electrons. The highest BCUT2D eigenvalue weighted by molar-refractivity contribution is 6.31. The lowest BCUT2D eigenvalue weighted by molar-refractivity contribution is -0.384. The average molecular weight is 549 g/mol. The van der Waals surface area contributed by atoms with Gasteiger partial charge >= 0.3 is 0 Å². The Morgan fingerprint density at radius 2 is 2.00 bits per heavy atom. The number of amides is 1. The maximum atomic E-state index is 12.9. The highest BCUT2D eigenvalue weighted by atomic mass is 35.5. The van der Waals surface area contributed by atoms with Gasteiger partial charge in [0.25, 0.3) is 11.6 Å². The van der Waals surface area contributed by atoms with Gasteiger partial charge in [0.05, 0.1) is 28.9 Å². The van der Waals surface area contributed by atoms with Crippen LogP contribution in [0.25, 0.3) is 17.1 Å². The minimum atomic E-state index is -0.686. The van der Waals surface area contributed by atoms with Crippen molar-refractivity contribution < 1.29 is 18.8 Å². The van der Waals surface area contributed by atoms with Gasteiger partial charge in [0.1, 0.15) is 11.5 Å². The molecule has 0 bridgehead atoms. The SMILES string of the molecule is Nc1nonc1-n1nnc(C(=O)N/N=C\c2ccc(-c3cc(Cl)ccc3[N+](=O)[O-])o2)c1CNc1ccccc1. The summed E-state index contributed by atoms with van der Waals surface area (Å²) in [5.74, 6) is -0.245. The average Bonchev–Trinajstić information content (AvgIpc) is 3.67. The van der Waals surface area contributed by atoms with Gasteiger partial charge in [0, 0.05) is 16.8 Å². The van der Waals surface area contributed by atoms with Crippen LogP contribution in [-0.4, -0.2) is 42.4 Å². The largest absolute Gasteiger partial charge is 0.455 e. The first-order valence-corrected chi connectivity index (χ1v) is 11.5. The summed E-state index contributed by atoms with van der Waals surface area (Å²) >= 11 is 5.99. The van der Waals surface area contributed by atoms with E-state index in [1.807, 2.05) is 30.3 Å². The maximum Gasteiger partial charge on any atom is 0.293 e. The van der Waals surface area contributed by atoms with Crippen LogP contribution < -0.4 is 16.5 Å². The molecule has 0 atom stereocenters. The monoisotopic (exact) mass is 548 g/mol. The number of rotatable bonds is 9. The van der Waals surface area contributed by atoms with E-state index in [1.54, 1.807) is 0 Å². The number of nitro groups is 1. The smallest absolute Gasteiger partial charge is 0.293 e. The summed E-state index contributed by atoms with van der Waals surface area (Å²) in [6, 6.07) is 16.4. The highest BCUT2D eigenvalue weighted by Crippen LogP contribution is 2.33. The number of benzene rings is 2. The minimum Gasteiger partial charge on any atom is -0.455 e. The van der Waals surface area contributed by atoms with Gasteiger partial charge in [-0.25, -0.2) is 10.1 Å². The molecule has 3 aromatic heterocycles. The number of nitrogens with two attached hydrogens (primary N) is 1. The molecule has 0 unspecified atom stereocenters. The first-order valence-electron chi connectivity index (χ1n) is 11.1. The number of halogens is 1. The zero-order chi connectivity index (χ0) is 27.4. The summed E-state index contributed by atoms with van der Waals surface area (Å²) in [6.45, 7) is 0.121. The number of hydrogen-bond donors (Lipinski definition) is 3. The summed E-state index contributed by atoms with van der Waals surface area (Å²) in [7, 11) is 0. The van der Waals surface area contributed by atoms with Crippen LogP contribution in [-0.2, 0) is 6.54 Å². The van der Waals surface area contributed by atoms with Gasteiger partial charge in [0.15, 0.2) is 5.69 Å². The molecule has 5 rings (SSSR count). The second-order valence-corrected chi connectivity index (χ2v) is 8.25. The number of anilines is 2. The third-order valence-corrected chi connectivity index (χ3v) is 5.55. The van der Waals surface area contributed by atoms with Crippen LogP contribution in [0.3, 0.4) is 0 Å². The van der Waals surface area contributed by atoms with Crippen molar-refractivity contribution in [3.05, 3.63) is 92.9 Å². The fourth-order valence-electron chi connectivity index (χ4n) is 3.53. The van der Waals surface area contributed by atoms with Gasteiger partial charge in [-0.05, 0) is 46.7 Å². The second-order valence-electron chi connectivity index (χ2n) is 7.81. The molecule has 0 aliphatic heterocycles. The van der Waals surface area contributed by atoms with Crippen LogP contribution in [0.2, 0.25) is 5.02 Å². The van der Waals surface area contributed by atoms with E-state index in [2.05, 4.69) is 41.1 Å². The van der Waals surface area contributed by atoms with Gasteiger partial charge in [-0.2, -0.15) is 9.78 Å². The molecular weight excluding hydrogens is 532 g/mol. The molecule has 0 saturated heterocycles. The molecule has 0 aliphatic rings. The first kappa shape index (κ1) is 25.1. The Hall–Kier alpha value is -5.57. The molecule has 4 N–H and O–H groups in total. The van der Waals surface area contributed by atoms with Gasteiger partial charge in [-0.1, -0.05) is 35.0 Å². The third kappa shape index (κ3) is 5.42. The zero-order valence-corrected chi connectivity index (χ0v) is 20.4. The topological polar surface area (TPSA) is 205 Å². The number of hydrogen-bond acceptors (Lipinski definition) is 12. The standard InChI is InChI=1S/C23H17ClN10O5/c24-13-6-8-17(34(36)37)16(10-13)19-9-7-15(38-19)11-27-29-23(35)20-18(12-26-14-4-2-1-3-5-14)33(32-28-20)22-21(25)30-39-31-22/h1-11,26H,12H2,(H2,25,30)(H,29,35)/b27-11-. The summed E-state index contributed by atoms with van der Waals surface area (Å²) in [5, 5.41) is 33.9. The molecule has 0 spiro atoms. The van der Waals surface area contributed by atoms with E-state index in [9.17, 15) is 14.9 Å². The number of nitrogen functional groups attached to an aromatic ring is 1. The molecule has 196 valence electrons. The van der Waals surface area contributed by atoms with Crippen LogP contribution in [0.4, 0.5) is 17.2 Å². The predicted octanol–water partition coefficient (Wildman–Crippen LogP) is 3.43. The van der Waals surface area contributed by atoms with Crippen LogP contribution >= 0.6 is 11.6 Å². The summed E-state index contributed by atoms with van der Waals surface area (Å²) in [5.41, 5.74) is 9.21. The lowest BCUT2D eigenvalue weighted by atomic mass is 10.1. The summed E-state index contributed by atoms with van der Waals surface area (Å²) in [6.07, 6.45) is 1.23. The number of hydrazone groups is 1. The molecule has 16 heteroatoms. The number of nitrogens with one attached hydrogen (secondary N) is 2.